The van der Waals surface area contributed by atoms with Crippen LogP contribution in [0.25, 0.3) is 0 Å². The summed E-state index contributed by atoms with van der Waals surface area (Å²) in [4.78, 5) is 0. The molecule has 19 heavy (non-hydrogen) atoms. The Morgan fingerprint density at radius 3 is 2.58 bits per heavy atom. The Balaban J connectivity index is 1.79. The van der Waals surface area contributed by atoms with E-state index in [1.165, 1.54) is 31.7 Å². The summed E-state index contributed by atoms with van der Waals surface area (Å²) in [6.45, 7) is 2.39. The number of hydrogen-bond acceptors (Lipinski definition) is 1. The monoisotopic (exact) mass is 268 g/mol. The summed E-state index contributed by atoms with van der Waals surface area (Å²) in [5, 5.41) is 0. The van der Waals surface area contributed by atoms with Crippen LogP contribution in [0.15, 0.2) is 18.2 Å². The molecule has 1 aromatic carbocycles. The van der Waals surface area contributed by atoms with E-state index in [1.54, 1.807) is 6.07 Å². The van der Waals surface area contributed by atoms with Crippen molar-refractivity contribution in [2.24, 2.45) is 5.92 Å². The van der Waals surface area contributed by atoms with Crippen molar-refractivity contribution in [3.63, 3.8) is 0 Å². The maximum Gasteiger partial charge on any atom is 0.164 e. The van der Waals surface area contributed by atoms with Crippen molar-refractivity contribution in [1.82, 2.24) is 0 Å². The Morgan fingerprint density at radius 2 is 1.89 bits per heavy atom. The van der Waals surface area contributed by atoms with Crippen LogP contribution in [0.3, 0.4) is 0 Å². The first kappa shape index (κ1) is 14.4. The lowest BCUT2D eigenvalue weighted by molar-refractivity contribution is 0.00496. The lowest BCUT2D eigenvalue weighted by Crippen LogP contribution is -2.21. The van der Waals surface area contributed by atoms with Crippen LogP contribution in [0.5, 0.6) is 0 Å². The third-order valence-corrected chi connectivity index (χ3v) is 4.00. The maximum absolute atomic E-state index is 13.5. The number of ether oxygens (including phenoxy) is 1. The van der Waals surface area contributed by atoms with Crippen molar-refractivity contribution in [1.29, 1.82) is 0 Å². The average molecular weight is 268 g/mol. The number of halogens is 2. The highest BCUT2D eigenvalue weighted by Crippen LogP contribution is 2.29. The smallest absolute Gasteiger partial charge is 0.164 e. The van der Waals surface area contributed by atoms with E-state index in [9.17, 15) is 8.78 Å². The van der Waals surface area contributed by atoms with Gasteiger partial charge in [0.25, 0.3) is 0 Å². The molecule has 1 nitrogen and oxygen atoms in total. The first-order chi connectivity index (χ1) is 9.20. The molecule has 0 aliphatic heterocycles. The number of rotatable bonds is 5. The fraction of sp³-hybridized carbons (Fsp3) is 0.625. The third-order valence-electron chi connectivity index (χ3n) is 4.00. The molecule has 106 valence electrons. The van der Waals surface area contributed by atoms with Crippen LogP contribution in [0.2, 0.25) is 0 Å². The summed E-state index contributed by atoms with van der Waals surface area (Å²) < 4.78 is 32.2. The summed E-state index contributed by atoms with van der Waals surface area (Å²) in [5.74, 6) is -0.745. The van der Waals surface area contributed by atoms with Crippen molar-refractivity contribution in [2.75, 3.05) is 0 Å². The highest BCUT2D eigenvalue weighted by atomic mass is 19.2. The second kappa shape index (κ2) is 6.99. The summed E-state index contributed by atoms with van der Waals surface area (Å²) in [6.07, 6.45) is 7.23. The summed E-state index contributed by atoms with van der Waals surface area (Å²) in [6, 6.07) is 4.24. The Kier molecular flexibility index (Phi) is 5.32. The Labute approximate surface area is 114 Å². The molecule has 0 saturated heterocycles. The van der Waals surface area contributed by atoms with Crippen molar-refractivity contribution in [3.8, 4) is 0 Å². The molecule has 1 saturated carbocycles. The molecule has 0 amide bonds. The van der Waals surface area contributed by atoms with Gasteiger partial charge in [-0.1, -0.05) is 31.9 Å². The van der Waals surface area contributed by atoms with Gasteiger partial charge < -0.3 is 4.74 Å². The van der Waals surface area contributed by atoms with Gasteiger partial charge in [-0.15, -0.1) is 0 Å². The number of hydrogen-bond donors (Lipinski definition) is 0. The summed E-state index contributed by atoms with van der Waals surface area (Å²) in [7, 11) is 0. The van der Waals surface area contributed by atoms with Crippen LogP contribution >= 0.6 is 0 Å². The van der Waals surface area contributed by atoms with Gasteiger partial charge in [0, 0.05) is 5.56 Å². The van der Waals surface area contributed by atoms with E-state index in [0.717, 1.165) is 24.8 Å². The molecule has 0 aromatic heterocycles. The first-order valence-electron chi connectivity index (χ1n) is 7.25. The lowest BCUT2D eigenvalue weighted by atomic mass is 9.85. The normalized spacial score (nSPS) is 23.5. The van der Waals surface area contributed by atoms with Gasteiger partial charge in [-0.2, -0.15) is 0 Å². The summed E-state index contributed by atoms with van der Waals surface area (Å²) in [5.41, 5.74) is 0.315. The van der Waals surface area contributed by atoms with Gasteiger partial charge in [-0.05, 0) is 37.7 Å². The molecule has 0 atom stereocenters. The Hall–Kier alpha value is -0.960. The van der Waals surface area contributed by atoms with Gasteiger partial charge >= 0.3 is 0 Å². The van der Waals surface area contributed by atoms with Crippen LogP contribution in [-0.4, -0.2) is 6.10 Å². The van der Waals surface area contributed by atoms with E-state index in [1.807, 2.05) is 0 Å². The maximum atomic E-state index is 13.5. The molecular weight excluding hydrogens is 246 g/mol. The van der Waals surface area contributed by atoms with Crippen molar-refractivity contribution in [3.05, 3.63) is 35.4 Å². The molecule has 0 N–H and O–H groups in total. The van der Waals surface area contributed by atoms with Crippen LogP contribution in [-0.2, 0) is 11.3 Å². The van der Waals surface area contributed by atoms with E-state index >= 15 is 0 Å². The topological polar surface area (TPSA) is 9.23 Å². The fourth-order valence-corrected chi connectivity index (χ4v) is 2.86. The van der Waals surface area contributed by atoms with E-state index in [0.29, 0.717) is 5.56 Å². The molecule has 2 rings (SSSR count). The third kappa shape index (κ3) is 4.00. The predicted molar refractivity (Wildman–Crippen MR) is 71.8 cm³/mol. The molecule has 1 aromatic rings. The molecule has 0 heterocycles. The molecule has 0 unspecified atom stereocenters. The highest BCUT2D eigenvalue weighted by molar-refractivity contribution is 5.18. The molecule has 1 aliphatic rings. The Bertz CT molecular complexity index is 398. The minimum absolute atomic E-state index is 0.173. The van der Waals surface area contributed by atoms with Crippen LogP contribution in [0.1, 0.15) is 51.0 Å². The van der Waals surface area contributed by atoms with Gasteiger partial charge in [0.2, 0.25) is 0 Å². The van der Waals surface area contributed by atoms with E-state index in [2.05, 4.69) is 6.92 Å². The standard InChI is InChI=1S/C16H22F2O/c1-2-4-12-7-9-14(10-8-12)19-11-13-5-3-6-15(17)16(13)18/h3,5-6,12,14H,2,4,7-11H2,1H3. The van der Waals surface area contributed by atoms with E-state index in [4.69, 9.17) is 4.74 Å². The second-order valence-electron chi connectivity index (χ2n) is 5.46. The largest absolute Gasteiger partial charge is 0.373 e. The molecule has 1 fully saturated rings. The van der Waals surface area contributed by atoms with Crippen molar-refractivity contribution < 1.29 is 13.5 Å². The zero-order chi connectivity index (χ0) is 13.7. The van der Waals surface area contributed by atoms with Gasteiger partial charge in [-0.3, -0.25) is 0 Å². The minimum Gasteiger partial charge on any atom is -0.373 e. The predicted octanol–water partition coefficient (Wildman–Crippen LogP) is 4.84. The SMILES string of the molecule is CCCC1CCC(OCc2cccc(F)c2F)CC1. The minimum atomic E-state index is -0.798. The highest BCUT2D eigenvalue weighted by Gasteiger charge is 2.21. The second-order valence-corrected chi connectivity index (χ2v) is 5.46. The molecule has 0 bridgehead atoms. The number of benzene rings is 1. The fourth-order valence-electron chi connectivity index (χ4n) is 2.86. The van der Waals surface area contributed by atoms with Crippen LogP contribution in [0.4, 0.5) is 8.78 Å². The average Bonchev–Trinajstić information content (AvgIpc) is 2.42. The lowest BCUT2D eigenvalue weighted by Gasteiger charge is -2.28. The first-order valence-corrected chi connectivity index (χ1v) is 7.25. The Morgan fingerprint density at radius 1 is 1.16 bits per heavy atom. The van der Waals surface area contributed by atoms with Gasteiger partial charge in [-0.25, -0.2) is 8.78 Å². The van der Waals surface area contributed by atoms with Crippen LogP contribution < -0.4 is 0 Å². The molecule has 0 radical (unpaired) electrons. The zero-order valence-corrected chi connectivity index (χ0v) is 11.5. The van der Waals surface area contributed by atoms with Crippen molar-refractivity contribution >= 4 is 0 Å². The molecule has 1 aliphatic carbocycles. The van der Waals surface area contributed by atoms with Gasteiger partial charge in [0.1, 0.15) is 0 Å². The van der Waals surface area contributed by atoms with Crippen LogP contribution in [0, 0.1) is 17.6 Å². The summed E-state index contributed by atoms with van der Waals surface area (Å²) >= 11 is 0. The molecular formula is C16H22F2O. The zero-order valence-electron chi connectivity index (χ0n) is 11.5. The van der Waals surface area contributed by atoms with Gasteiger partial charge in [0.05, 0.1) is 12.7 Å². The quantitative estimate of drug-likeness (QED) is 0.742. The molecule has 3 heteroatoms. The molecule has 0 spiro atoms. The van der Waals surface area contributed by atoms with Crippen molar-refractivity contribution in [2.45, 2.75) is 58.2 Å². The van der Waals surface area contributed by atoms with Gasteiger partial charge in [0.15, 0.2) is 11.6 Å². The van der Waals surface area contributed by atoms with E-state index < -0.39 is 11.6 Å². The van der Waals surface area contributed by atoms with E-state index in [-0.39, 0.29) is 12.7 Å².